The summed E-state index contributed by atoms with van der Waals surface area (Å²) in [6, 6.07) is 12.8. The zero-order valence-corrected chi connectivity index (χ0v) is 14.7. The van der Waals surface area contributed by atoms with Crippen molar-refractivity contribution < 1.29 is 18.6 Å². The molecule has 4 atom stereocenters. The lowest BCUT2D eigenvalue weighted by Gasteiger charge is -2.31. The highest BCUT2D eigenvalue weighted by Crippen LogP contribution is 2.32. The lowest BCUT2D eigenvalue weighted by molar-refractivity contribution is 0.0107. The Hall–Kier alpha value is -1.86. The maximum atomic E-state index is 13.6. The molecule has 1 saturated heterocycles. The Morgan fingerprint density at radius 2 is 1.88 bits per heavy atom. The van der Waals surface area contributed by atoms with Crippen LogP contribution in [0.4, 0.5) is 8.78 Å². The van der Waals surface area contributed by atoms with Gasteiger partial charge in [0.1, 0.15) is 0 Å². The lowest BCUT2D eigenvalue weighted by Crippen LogP contribution is -2.42. The number of methoxy groups -OCH3 is 1. The number of aliphatic hydroxyl groups excluding tert-OH is 1. The predicted molar refractivity (Wildman–Crippen MR) is 95.7 cm³/mol. The number of aliphatic hydroxyl groups is 1. The highest BCUT2D eigenvalue weighted by atomic mass is 19.2. The van der Waals surface area contributed by atoms with Crippen LogP contribution in [0.15, 0.2) is 48.5 Å². The van der Waals surface area contributed by atoms with E-state index in [-0.39, 0.29) is 18.0 Å². The van der Waals surface area contributed by atoms with Crippen LogP contribution in [-0.2, 0) is 4.74 Å². The third-order valence-corrected chi connectivity index (χ3v) is 5.08. The van der Waals surface area contributed by atoms with Gasteiger partial charge in [-0.1, -0.05) is 36.4 Å². The summed E-state index contributed by atoms with van der Waals surface area (Å²) in [4.78, 5) is 2.07. The van der Waals surface area contributed by atoms with Gasteiger partial charge >= 0.3 is 0 Å². The van der Waals surface area contributed by atoms with Crippen molar-refractivity contribution in [3.05, 3.63) is 71.3 Å². The fourth-order valence-corrected chi connectivity index (χ4v) is 3.67. The van der Waals surface area contributed by atoms with E-state index in [1.165, 1.54) is 6.07 Å². The summed E-state index contributed by atoms with van der Waals surface area (Å²) >= 11 is 0. The first-order valence-corrected chi connectivity index (χ1v) is 8.67. The first-order valence-electron chi connectivity index (χ1n) is 8.67. The summed E-state index contributed by atoms with van der Waals surface area (Å²) in [5.74, 6) is -1.87. The standard InChI is InChI=1S/C20H24F2N2O2/c1-26-12-19(20(25)13-5-3-2-4-6-13)24-10-15(18(23)11-24)14-7-8-16(21)17(22)9-14/h2-9,15,18-20,25H,10-12,23H2,1H3/t15-,18+,19?,20?/m0/s1. The van der Waals surface area contributed by atoms with Crippen LogP contribution in [0.1, 0.15) is 23.1 Å². The monoisotopic (exact) mass is 362 g/mol. The number of likely N-dealkylation sites (tertiary alicyclic amines) is 1. The van der Waals surface area contributed by atoms with Crippen molar-refractivity contribution in [2.75, 3.05) is 26.8 Å². The fourth-order valence-electron chi connectivity index (χ4n) is 3.67. The average molecular weight is 362 g/mol. The molecule has 2 aromatic rings. The van der Waals surface area contributed by atoms with E-state index >= 15 is 0 Å². The number of benzene rings is 2. The Morgan fingerprint density at radius 3 is 2.54 bits per heavy atom. The molecule has 6 heteroatoms. The number of rotatable bonds is 6. The number of nitrogens with two attached hydrogens (primary N) is 1. The molecule has 0 bridgehead atoms. The van der Waals surface area contributed by atoms with Crippen LogP contribution in [0.5, 0.6) is 0 Å². The second kappa shape index (κ2) is 8.22. The molecule has 0 radical (unpaired) electrons. The summed E-state index contributed by atoms with van der Waals surface area (Å²) in [7, 11) is 1.59. The van der Waals surface area contributed by atoms with E-state index in [4.69, 9.17) is 10.5 Å². The first-order chi connectivity index (χ1) is 12.5. The van der Waals surface area contributed by atoms with E-state index in [0.717, 1.165) is 11.6 Å². The molecule has 0 spiro atoms. The van der Waals surface area contributed by atoms with Crippen molar-refractivity contribution in [3.8, 4) is 0 Å². The Bertz CT molecular complexity index is 729. The maximum absolute atomic E-state index is 13.6. The molecule has 1 aliphatic heterocycles. The number of nitrogens with zero attached hydrogens (tertiary/aromatic N) is 1. The zero-order chi connectivity index (χ0) is 18.7. The first kappa shape index (κ1) is 18.9. The van der Waals surface area contributed by atoms with E-state index in [0.29, 0.717) is 25.3 Å². The zero-order valence-electron chi connectivity index (χ0n) is 14.7. The minimum atomic E-state index is -0.870. The number of halogens is 2. The predicted octanol–water partition coefficient (Wildman–Crippen LogP) is 2.44. The second-order valence-corrected chi connectivity index (χ2v) is 6.78. The van der Waals surface area contributed by atoms with Crippen molar-refractivity contribution in [3.63, 3.8) is 0 Å². The van der Waals surface area contributed by atoms with Gasteiger partial charge in [0.15, 0.2) is 11.6 Å². The molecule has 0 amide bonds. The van der Waals surface area contributed by atoms with Crippen LogP contribution >= 0.6 is 0 Å². The highest BCUT2D eigenvalue weighted by molar-refractivity contribution is 5.26. The normalized spacial score (nSPS) is 23.1. The Morgan fingerprint density at radius 1 is 1.15 bits per heavy atom. The van der Waals surface area contributed by atoms with Gasteiger partial charge in [-0.3, -0.25) is 4.90 Å². The molecule has 1 heterocycles. The number of hydrogen-bond donors (Lipinski definition) is 2. The third-order valence-electron chi connectivity index (χ3n) is 5.08. The minimum absolute atomic E-state index is 0.132. The van der Waals surface area contributed by atoms with Crippen molar-refractivity contribution in [2.45, 2.75) is 24.1 Å². The molecule has 4 nitrogen and oxygen atoms in total. The largest absolute Gasteiger partial charge is 0.387 e. The molecule has 1 aliphatic rings. The fraction of sp³-hybridized carbons (Fsp3) is 0.400. The summed E-state index contributed by atoms with van der Waals surface area (Å²) < 4.78 is 32.1. The van der Waals surface area contributed by atoms with Crippen LogP contribution < -0.4 is 5.73 Å². The molecule has 2 unspecified atom stereocenters. The van der Waals surface area contributed by atoms with Crippen LogP contribution in [-0.4, -0.2) is 48.9 Å². The summed E-state index contributed by atoms with van der Waals surface area (Å²) in [5.41, 5.74) is 7.76. The van der Waals surface area contributed by atoms with Crippen molar-refractivity contribution in [2.24, 2.45) is 5.73 Å². The molecule has 2 aromatic carbocycles. The molecule has 1 fully saturated rings. The van der Waals surface area contributed by atoms with E-state index in [2.05, 4.69) is 4.90 Å². The van der Waals surface area contributed by atoms with E-state index in [1.807, 2.05) is 30.3 Å². The van der Waals surface area contributed by atoms with Crippen LogP contribution in [0.25, 0.3) is 0 Å². The van der Waals surface area contributed by atoms with E-state index < -0.39 is 17.7 Å². The van der Waals surface area contributed by atoms with Crippen LogP contribution in [0, 0.1) is 11.6 Å². The summed E-state index contributed by atoms with van der Waals surface area (Å²) in [5, 5.41) is 10.8. The van der Waals surface area contributed by atoms with Gasteiger partial charge in [0, 0.05) is 32.2 Å². The van der Waals surface area contributed by atoms with Gasteiger partial charge in [-0.05, 0) is 23.3 Å². The minimum Gasteiger partial charge on any atom is -0.387 e. The van der Waals surface area contributed by atoms with Crippen LogP contribution in [0.3, 0.4) is 0 Å². The lowest BCUT2D eigenvalue weighted by atomic mass is 9.95. The molecule has 0 saturated carbocycles. The van der Waals surface area contributed by atoms with Crippen molar-refractivity contribution >= 4 is 0 Å². The SMILES string of the molecule is COCC(C(O)c1ccccc1)N1C[C@@H](N)[C@H](c2ccc(F)c(F)c2)C1. The second-order valence-electron chi connectivity index (χ2n) is 6.78. The van der Waals surface area contributed by atoms with Crippen LogP contribution in [0.2, 0.25) is 0 Å². The molecule has 0 aliphatic carbocycles. The Labute approximate surface area is 152 Å². The average Bonchev–Trinajstić information content (AvgIpc) is 3.03. The molecule has 0 aromatic heterocycles. The molecule has 3 N–H and O–H groups in total. The molecule has 3 rings (SSSR count). The van der Waals surface area contributed by atoms with Gasteiger partial charge in [0.25, 0.3) is 0 Å². The van der Waals surface area contributed by atoms with E-state index in [9.17, 15) is 13.9 Å². The Balaban J connectivity index is 1.79. The summed E-state index contributed by atoms with van der Waals surface area (Å²) in [6.45, 7) is 1.43. The molecular formula is C20H24F2N2O2. The van der Waals surface area contributed by atoms with Gasteiger partial charge in [0.2, 0.25) is 0 Å². The van der Waals surface area contributed by atoms with Gasteiger partial charge in [0.05, 0.1) is 18.8 Å². The van der Waals surface area contributed by atoms with Crippen molar-refractivity contribution in [1.82, 2.24) is 4.90 Å². The smallest absolute Gasteiger partial charge is 0.159 e. The summed E-state index contributed by atoms with van der Waals surface area (Å²) in [6.07, 6.45) is -0.730. The quantitative estimate of drug-likeness (QED) is 0.829. The molecule has 26 heavy (non-hydrogen) atoms. The maximum Gasteiger partial charge on any atom is 0.159 e. The molecular weight excluding hydrogens is 338 g/mol. The van der Waals surface area contributed by atoms with Crippen molar-refractivity contribution in [1.29, 1.82) is 0 Å². The topological polar surface area (TPSA) is 58.7 Å². The third kappa shape index (κ3) is 3.94. The Kier molecular flexibility index (Phi) is 5.98. The van der Waals surface area contributed by atoms with Gasteiger partial charge in [-0.15, -0.1) is 0 Å². The highest BCUT2D eigenvalue weighted by Gasteiger charge is 2.38. The van der Waals surface area contributed by atoms with Gasteiger partial charge in [-0.25, -0.2) is 8.78 Å². The number of ether oxygens (including phenoxy) is 1. The van der Waals surface area contributed by atoms with Gasteiger partial charge < -0.3 is 15.6 Å². The number of hydrogen-bond acceptors (Lipinski definition) is 4. The molecule has 140 valence electrons. The van der Waals surface area contributed by atoms with Gasteiger partial charge in [-0.2, -0.15) is 0 Å². The van der Waals surface area contributed by atoms with E-state index in [1.54, 1.807) is 13.2 Å².